The van der Waals surface area contributed by atoms with Crippen LogP contribution < -0.4 is 0 Å². The number of rotatable bonds is 0. The van der Waals surface area contributed by atoms with Crippen molar-refractivity contribution in [2.45, 2.75) is 20.3 Å². The Balaban J connectivity index is 1.86. The quantitative estimate of drug-likeness (QED) is 0.510. The lowest BCUT2D eigenvalue weighted by Gasteiger charge is -2.64. The van der Waals surface area contributed by atoms with Crippen LogP contribution in [0.1, 0.15) is 20.3 Å². The van der Waals surface area contributed by atoms with Crippen LogP contribution in [-0.4, -0.2) is 0 Å². The summed E-state index contributed by atoms with van der Waals surface area (Å²) < 4.78 is 0. The molecule has 0 saturated heterocycles. The number of hydrogen-bond donors (Lipinski definition) is 0. The molecule has 8 atom stereocenters. The van der Waals surface area contributed by atoms with Gasteiger partial charge in [-0.05, 0) is 59.2 Å². The highest BCUT2D eigenvalue weighted by molar-refractivity contribution is 5.35. The Morgan fingerprint density at radius 3 is 2.17 bits per heavy atom. The number of hydrogen-bond acceptors (Lipinski definition) is 0. The molecule has 0 N–H and O–H groups in total. The van der Waals surface area contributed by atoms with Gasteiger partial charge in [-0.15, -0.1) is 0 Å². The third-order valence-corrected chi connectivity index (χ3v) is 6.78. The molecule has 0 aromatic carbocycles. The monoisotopic (exact) mass is 160 g/mol. The van der Waals surface area contributed by atoms with Gasteiger partial charge in [0.15, 0.2) is 0 Å². The van der Waals surface area contributed by atoms with Crippen LogP contribution in [-0.2, 0) is 0 Å². The summed E-state index contributed by atoms with van der Waals surface area (Å²) in [6, 6.07) is 0. The molecule has 0 amide bonds. The molecule has 0 heteroatoms. The van der Waals surface area contributed by atoms with Crippen LogP contribution >= 0.6 is 0 Å². The van der Waals surface area contributed by atoms with Crippen LogP contribution in [0.3, 0.4) is 0 Å². The van der Waals surface area contributed by atoms with Gasteiger partial charge in [-0.1, -0.05) is 13.8 Å². The Kier molecular flexibility index (Phi) is 0.541. The average Bonchev–Trinajstić information content (AvgIpc) is 2.39. The third kappa shape index (κ3) is 0.258. The molecule has 6 aliphatic rings. The highest BCUT2D eigenvalue weighted by Crippen LogP contribution is 2.92. The van der Waals surface area contributed by atoms with E-state index >= 15 is 0 Å². The molecule has 0 aliphatic heterocycles. The Labute approximate surface area is 73.7 Å². The summed E-state index contributed by atoms with van der Waals surface area (Å²) in [7, 11) is 0. The predicted molar refractivity (Wildman–Crippen MR) is 46.3 cm³/mol. The largest absolute Gasteiger partial charge is 0.0593 e. The van der Waals surface area contributed by atoms with Crippen LogP contribution in [0.15, 0.2) is 0 Å². The highest BCUT2D eigenvalue weighted by atomic mass is 14.9. The van der Waals surface area contributed by atoms with Crippen LogP contribution in [0.25, 0.3) is 0 Å². The van der Waals surface area contributed by atoms with Crippen LogP contribution in [0, 0.1) is 52.8 Å². The van der Waals surface area contributed by atoms with Crippen LogP contribution in [0.4, 0.5) is 0 Å². The fraction of sp³-hybridized carbons (Fsp3) is 1.00. The average molecular weight is 160 g/mol. The van der Waals surface area contributed by atoms with Crippen molar-refractivity contribution in [2.24, 2.45) is 52.8 Å². The van der Waals surface area contributed by atoms with E-state index in [2.05, 4.69) is 13.8 Å². The van der Waals surface area contributed by atoms with E-state index < -0.39 is 0 Å². The van der Waals surface area contributed by atoms with Gasteiger partial charge in [0.1, 0.15) is 0 Å². The second kappa shape index (κ2) is 1.14. The van der Waals surface area contributed by atoms with Gasteiger partial charge in [-0.25, -0.2) is 0 Å². The van der Waals surface area contributed by atoms with Gasteiger partial charge in [-0.2, -0.15) is 0 Å². The zero-order chi connectivity index (χ0) is 7.83. The molecule has 64 valence electrons. The fourth-order valence-electron chi connectivity index (χ4n) is 7.09. The van der Waals surface area contributed by atoms with Gasteiger partial charge in [-0.3, -0.25) is 0 Å². The van der Waals surface area contributed by atoms with Crippen molar-refractivity contribution < 1.29 is 0 Å². The van der Waals surface area contributed by atoms with Crippen molar-refractivity contribution >= 4 is 0 Å². The maximum Gasteiger partial charge on any atom is -0.0286 e. The third-order valence-electron chi connectivity index (χ3n) is 6.78. The van der Waals surface area contributed by atoms with Gasteiger partial charge in [0, 0.05) is 0 Å². The summed E-state index contributed by atoms with van der Waals surface area (Å²) >= 11 is 0. The van der Waals surface area contributed by atoms with Crippen molar-refractivity contribution in [1.29, 1.82) is 0 Å². The SMILES string of the molecule is CC1(C)C2C3CC4C5C3C1C5C42. The second-order valence-corrected chi connectivity index (χ2v) is 6.75. The summed E-state index contributed by atoms with van der Waals surface area (Å²) in [5.74, 6) is 9.84. The molecule has 0 radical (unpaired) electrons. The molecule has 6 saturated carbocycles. The first-order valence-corrected chi connectivity index (χ1v) is 5.73. The second-order valence-electron chi connectivity index (χ2n) is 6.75. The fourth-order valence-corrected chi connectivity index (χ4v) is 7.09. The van der Waals surface area contributed by atoms with Gasteiger partial charge in [0.2, 0.25) is 0 Å². The predicted octanol–water partition coefficient (Wildman–Crippen LogP) is 2.40. The first kappa shape index (κ1) is 5.67. The van der Waals surface area contributed by atoms with Gasteiger partial charge >= 0.3 is 0 Å². The van der Waals surface area contributed by atoms with E-state index in [1.54, 1.807) is 6.42 Å². The minimum Gasteiger partial charge on any atom is -0.0593 e. The minimum absolute atomic E-state index is 0.770. The lowest BCUT2D eigenvalue weighted by Crippen LogP contribution is -2.61. The van der Waals surface area contributed by atoms with Gasteiger partial charge < -0.3 is 0 Å². The summed E-state index contributed by atoms with van der Waals surface area (Å²) in [5, 5.41) is 0. The summed E-state index contributed by atoms with van der Waals surface area (Å²) in [6.07, 6.45) is 1.65. The van der Waals surface area contributed by atoms with E-state index in [-0.39, 0.29) is 0 Å². The maximum atomic E-state index is 2.58. The zero-order valence-electron chi connectivity index (χ0n) is 7.83. The maximum absolute atomic E-state index is 2.58. The molecule has 0 heterocycles. The molecule has 0 spiro atoms. The molecule has 12 heavy (non-hydrogen) atoms. The molecular weight excluding hydrogens is 144 g/mol. The van der Waals surface area contributed by atoms with E-state index in [4.69, 9.17) is 0 Å². The van der Waals surface area contributed by atoms with E-state index in [9.17, 15) is 0 Å². The van der Waals surface area contributed by atoms with Crippen molar-refractivity contribution in [3.05, 3.63) is 0 Å². The van der Waals surface area contributed by atoms with Crippen LogP contribution in [0.5, 0.6) is 0 Å². The molecule has 8 unspecified atom stereocenters. The normalized spacial score (nSPS) is 82.5. The molecule has 6 rings (SSSR count). The summed E-state index contributed by atoms with van der Waals surface area (Å²) in [6.45, 7) is 5.15. The van der Waals surface area contributed by atoms with Crippen molar-refractivity contribution in [3.8, 4) is 0 Å². The topological polar surface area (TPSA) is 0 Å². The minimum atomic E-state index is 0.770. The van der Waals surface area contributed by atoms with E-state index in [1.165, 1.54) is 47.3 Å². The van der Waals surface area contributed by atoms with Gasteiger partial charge in [0.25, 0.3) is 0 Å². The first-order valence-electron chi connectivity index (χ1n) is 5.73. The molecule has 0 aromatic heterocycles. The summed E-state index contributed by atoms with van der Waals surface area (Å²) in [5.41, 5.74) is 0.770. The van der Waals surface area contributed by atoms with Crippen LogP contribution in [0.2, 0.25) is 0 Å². The Bertz CT molecular complexity index is 299. The Morgan fingerprint density at radius 2 is 1.58 bits per heavy atom. The molecule has 4 bridgehead atoms. The Morgan fingerprint density at radius 1 is 0.833 bits per heavy atom. The zero-order valence-corrected chi connectivity index (χ0v) is 7.83. The van der Waals surface area contributed by atoms with Crippen molar-refractivity contribution in [2.75, 3.05) is 0 Å². The molecule has 6 aliphatic carbocycles. The van der Waals surface area contributed by atoms with E-state index in [1.807, 2.05) is 0 Å². The molecule has 0 aromatic rings. The highest BCUT2D eigenvalue weighted by Gasteiger charge is 2.88. The standard InChI is InChI=1S/C12H16/c1-12(2)10-5-3-4-6-8(5)11(12)9(6)7(4)10/h4-11H,3H2,1-2H3. The first-order chi connectivity index (χ1) is 5.73. The van der Waals surface area contributed by atoms with Crippen molar-refractivity contribution in [3.63, 3.8) is 0 Å². The van der Waals surface area contributed by atoms with E-state index in [0.717, 1.165) is 5.41 Å². The van der Waals surface area contributed by atoms with Gasteiger partial charge in [0.05, 0.1) is 0 Å². The smallest absolute Gasteiger partial charge is 0.0286 e. The Hall–Kier alpha value is 0. The molecule has 0 nitrogen and oxygen atoms in total. The lowest BCUT2D eigenvalue weighted by molar-refractivity contribution is -0.173. The summed E-state index contributed by atoms with van der Waals surface area (Å²) in [4.78, 5) is 0. The van der Waals surface area contributed by atoms with Crippen molar-refractivity contribution in [1.82, 2.24) is 0 Å². The molecular formula is C12H16. The lowest BCUT2D eigenvalue weighted by atomic mass is 9.41. The van der Waals surface area contributed by atoms with E-state index in [0.29, 0.717) is 0 Å². The molecule has 6 fully saturated rings.